The van der Waals surface area contributed by atoms with E-state index in [9.17, 15) is 14.0 Å². The first kappa shape index (κ1) is 21.4. The van der Waals surface area contributed by atoms with Crippen molar-refractivity contribution in [1.29, 1.82) is 0 Å². The van der Waals surface area contributed by atoms with Crippen LogP contribution in [0.5, 0.6) is 0 Å². The molecule has 1 aromatic heterocycles. The fraction of sp³-hybridized carbons (Fsp3) is 0.192. The van der Waals surface area contributed by atoms with Gasteiger partial charge in [-0.2, -0.15) is 0 Å². The van der Waals surface area contributed by atoms with Gasteiger partial charge >= 0.3 is 0 Å². The number of nitrogens with zero attached hydrogens (tertiary/aromatic N) is 3. The number of aromatic nitrogens is 2. The molecular weight excluding hydrogens is 405 g/mol. The van der Waals surface area contributed by atoms with Crippen molar-refractivity contribution < 1.29 is 9.18 Å². The smallest absolute Gasteiger partial charge is 0.266 e. The Balaban J connectivity index is 1.91. The molecule has 0 aliphatic rings. The van der Waals surface area contributed by atoms with Crippen LogP contribution in [0.3, 0.4) is 0 Å². The molecule has 4 rings (SSSR count). The van der Waals surface area contributed by atoms with Crippen LogP contribution in [0.25, 0.3) is 16.6 Å². The number of hydrogen-bond acceptors (Lipinski definition) is 3. The Morgan fingerprint density at radius 3 is 2.53 bits per heavy atom. The van der Waals surface area contributed by atoms with Crippen LogP contribution >= 0.6 is 0 Å². The Morgan fingerprint density at radius 2 is 1.81 bits per heavy atom. The average molecular weight is 429 g/mol. The Labute approximate surface area is 185 Å². The third-order valence-electron chi connectivity index (χ3n) is 5.58. The first-order chi connectivity index (χ1) is 15.4. The summed E-state index contributed by atoms with van der Waals surface area (Å²) in [7, 11) is 0. The minimum atomic E-state index is -0.534. The molecule has 3 aromatic carbocycles. The molecular formula is C26H24FN3O2. The highest BCUT2D eigenvalue weighted by Crippen LogP contribution is 2.24. The van der Waals surface area contributed by atoms with E-state index in [1.54, 1.807) is 33.7 Å². The first-order valence-electron chi connectivity index (χ1n) is 10.6. The van der Waals surface area contributed by atoms with Gasteiger partial charge in [0.25, 0.3) is 11.5 Å². The van der Waals surface area contributed by atoms with Gasteiger partial charge in [0, 0.05) is 12.1 Å². The maximum atomic E-state index is 13.7. The van der Waals surface area contributed by atoms with Crippen LogP contribution in [0.1, 0.15) is 41.6 Å². The molecule has 0 aliphatic carbocycles. The number of fused-ring (bicyclic) bond motifs is 1. The van der Waals surface area contributed by atoms with Crippen LogP contribution in [0.4, 0.5) is 4.39 Å². The van der Waals surface area contributed by atoms with Gasteiger partial charge in [-0.1, -0.05) is 30.3 Å². The van der Waals surface area contributed by atoms with Crippen LogP contribution in [-0.4, -0.2) is 26.9 Å². The summed E-state index contributed by atoms with van der Waals surface area (Å²) in [5, 5.41) is 0.504. The van der Waals surface area contributed by atoms with Crippen LogP contribution in [0.2, 0.25) is 0 Å². The second-order valence-corrected chi connectivity index (χ2v) is 7.74. The summed E-state index contributed by atoms with van der Waals surface area (Å²) in [6, 6.07) is 19.9. The van der Waals surface area contributed by atoms with Crippen molar-refractivity contribution in [2.75, 3.05) is 6.54 Å². The van der Waals surface area contributed by atoms with Crippen molar-refractivity contribution in [3.05, 3.63) is 106 Å². The van der Waals surface area contributed by atoms with Crippen molar-refractivity contribution in [2.45, 2.75) is 26.8 Å². The van der Waals surface area contributed by atoms with Gasteiger partial charge in [0.15, 0.2) is 0 Å². The van der Waals surface area contributed by atoms with Gasteiger partial charge in [-0.25, -0.2) is 9.37 Å². The van der Waals surface area contributed by atoms with Crippen LogP contribution in [0, 0.1) is 12.7 Å². The molecule has 0 fully saturated rings. The lowest BCUT2D eigenvalue weighted by molar-refractivity contribution is 0.0692. The molecule has 4 aromatic rings. The highest BCUT2D eigenvalue weighted by molar-refractivity contribution is 5.94. The Hall–Kier alpha value is -3.80. The Bertz CT molecular complexity index is 1360. The maximum absolute atomic E-state index is 13.7. The van der Waals surface area contributed by atoms with Gasteiger partial charge in [0.2, 0.25) is 0 Å². The second-order valence-electron chi connectivity index (χ2n) is 7.74. The number of benzene rings is 3. The van der Waals surface area contributed by atoms with Crippen LogP contribution in [0.15, 0.2) is 77.6 Å². The summed E-state index contributed by atoms with van der Waals surface area (Å²) in [5.74, 6) is -0.344. The maximum Gasteiger partial charge on any atom is 0.266 e. The second kappa shape index (κ2) is 8.75. The normalized spacial score (nSPS) is 12.0. The van der Waals surface area contributed by atoms with Gasteiger partial charge in [-0.05, 0) is 68.8 Å². The van der Waals surface area contributed by atoms with E-state index in [2.05, 4.69) is 0 Å². The molecule has 5 nitrogen and oxygen atoms in total. The molecule has 0 N–H and O–H groups in total. The van der Waals surface area contributed by atoms with Gasteiger partial charge in [0.1, 0.15) is 11.6 Å². The molecule has 0 saturated carbocycles. The van der Waals surface area contributed by atoms with E-state index in [0.29, 0.717) is 29.0 Å². The van der Waals surface area contributed by atoms with E-state index in [1.165, 1.54) is 18.2 Å². The van der Waals surface area contributed by atoms with Crippen molar-refractivity contribution in [3.63, 3.8) is 0 Å². The van der Waals surface area contributed by atoms with Gasteiger partial charge in [-0.15, -0.1) is 0 Å². The zero-order chi connectivity index (χ0) is 22.8. The zero-order valence-corrected chi connectivity index (χ0v) is 18.2. The summed E-state index contributed by atoms with van der Waals surface area (Å²) in [5.41, 5.74) is 2.31. The number of carbonyl (C=O) groups excluding carboxylic acids is 1. The Morgan fingerprint density at radius 1 is 1.06 bits per heavy atom. The number of carbonyl (C=O) groups is 1. The van der Waals surface area contributed by atoms with E-state index in [0.717, 1.165) is 5.56 Å². The van der Waals surface area contributed by atoms with Crippen LogP contribution < -0.4 is 5.56 Å². The van der Waals surface area contributed by atoms with Crippen LogP contribution in [-0.2, 0) is 0 Å². The number of halogens is 1. The van der Waals surface area contributed by atoms with Crippen molar-refractivity contribution >= 4 is 16.8 Å². The molecule has 0 spiro atoms. The monoisotopic (exact) mass is 429 g/mol. The average Bonchev–Trinajstić information content (AvgIpc) is 2.79. The third-order valence-corrected chi connectivity index (χ3v) is 5.58. The Kier molecular flexibility index (Phi) is 5.86. The lowest BCUT2D eigenvalue weighted by Crippen LogP contribution is -2.37. The summed E-state index contributed by atoms with van der Waals surface area (Å²) in [6.07, 6.45) is 0. The largest absolute Gasteiger partial charge is 0.329 e. The van der Waals surface area contributed by atoms with Gasteiger partial charge in [0.05, 0.1) is 22.6 Å². The molecule has 1 amide bonds. The lowest BCUT2D eigenvalue weighted by Gasteiger charge is -2.29. The minimum absolute atomic E-state index is 0.197. The molecule has 0 saturated heterocycles. The molecule has 1 atom stereocenters. The fourth-order valence-electron chi connectivity index (χ4n) is 3.97. The first-order valence-corrected chi connectivity index (χ1v) is 10.6. The lowest BCUT2D eigenvalue weighted by atomic mass is 10.1. The van der Waals surface area contributed by atoms with E-state index in [1.807, 2.05) is 51.1 Å². The number of rotatable bonds is 5. The number of amides is 1. The van der Waals surface area contributed by atoms with E-state index >= 15 is 0 Å². The van der Waals surface area contributed by atoms with E-state index in [-0.39, 0.29) is 17.0 Å². The SMILES string of the molecule is CCN(C(=O)c1cccc(F)c1)C(C)c1nc2ccccc2c(=O)n1-c1cccc(C)c1. The predicted octanol–water partition coefficient (Wildman–Crippen LogP) is 5.06. The topological polar surface area (TPSA) is 55.2 Å². The molecule has 0 aliphatic heterocycles. The highest BCUT2D eigenvalue weighted by Gasteiger charge is 2.26. The number of para-hydroxylation sites is 1. The fourth-order valence-corrected chi connectivity index (χ4v) is 3.97. The highest BCUT2D eigenvalue weighted by atomic mass is 19.1. The summed E-state index contributed by atoms with van der Waals surface area (Å²) in [6.45, 7) is 6.01. The molecule has 1 unspecified atom stereocenters. The minimum Gasteiger partial charge on any atom is -0.329 e. The standard InChI is InChI=1S/C26H24FN3O2/c1-4-29(25(31)19-10-8-11-20(27)16-19)18(3)24-28-23-14-6-5-13-22(23)26(32)30(24)21-12-7-9-17(2)15-21/h5-16,18H,4H2,1-3H3. The van der Waals surface area contributed by atoms with E-state index < -0.39 is 11.9 Å². The summed E-state index contributed by atoms with van der Waals surface area (Å²) < 4.78 is 15.3. The van der Waals surface area contributed by atoms with Crippen molar-refractivity contribution in [1.82, 2.24) is 14.5 Å². The summed E-state index contributed by atoms with van der Waals surface area (Å²) >= 11 is 0. The molecule has 0 radical (unpaired) electrons. The predicted molar refractivity (Wildman–Crippen MR) is 124 cm³/mol. The number of hydrogen-bond donors (Lipinski definition) is 0. The molecule has 0 bridgehead atoms. The summed E-state index contributed by atoms with van der Waals surface area (Å²) in [4.78, 5) is 33.2. The van der Waals surface area contributed by atoms with Gasteiger partial charge < -0.3 is 4.90 Å². The number of aryl methyl sites for hydroxylation is 1. The van der Waals surface area contributed by atoms with E-state index in [4.69, 9.17) is 4.98 Å². The molecule has 162 valence electrons. The molecule has 1 heterocycles. The quantitative estimate of drug-likeness (QED) is 0.446. The molecule has 6 heteroatoms. The van der Waals surface area contributed by atoms with Crippen molar-refractivity contribution in [3.8, 4) is 5.69 Å². The van der Waals surface area contributed by atoms with Gasteiger partial charge in [-0.3, -0.25) is 14.2 Å². The van der Waals surface area contributed by atoms with Crippen molar-refractivity contribution in [2.24, 2.45) is 0 Å². The molecule has 32 heavy (non-hydrogen) atoms. The zero-order valence-electron chi connectivity index (χ0n) is 18.2. The third kappa shape index (κ3) is 3.91.